The summed E-state index contributed by atoms with van der Waals surface area (Å²) in [7, 11) is 1.21. The number of halogens is 6. The molecule has 5 aromatic carbocycles. The van der Waals surface area contributed by atoms with Crippen LogP contribution in [0.5, 0.6) is 0 Å². The van der Waals surface area contributed by atoms with Crippen molar-refractivity contribution in [1.29, 1.82) is 0 Å². The lowest BCUT2D eigenvalue weighted by Crippen LogP contribution is -2.27. The largest absolute Gasteiger partial charge is 0.465 e. The molecule has 8 nitrogen and oxygen atoms in total. The molecule has 0 aliphatic rings. The van der Waals surface area contributed by atoms with Gasteiger partial charge in [0.2, 0.25) is 0 Å². The maximum Gasteiger partial charge on any atom is 0.454 e. The summed E-state index contributed by atoms with van der Waals surface area (Å²) < 4.78 is 95.8. The van der Waals surface area contributed by atoms with E-state index in [9.17, 15) is 45.5 Å². The summed E-state index contributed by atoms with van der Waals surface area (Å²) in [6, 6.07) is 33.0. The Morgan fingerprint density at radius 1 is 0.600 bits per heavy atom. The zero-order chi connectivity index (χ0) is 47.1. The number of alkyl halides is 6. The van der Waals surface area contributed by atoms with E-state index in [2.05, 4.69) is 6.92 Å². The molecular formula is C51H48F6N2O6. The van der Waals surface area contributed by atoms with E-state index in [1.165, 1.54) is 108 Å². The Morgan fingerprint density at radius 3 is 1.68 bits per heavy atom. The van der Waals surface area contributed by atoms with Gasteiger partial charge in [0.05, 0.1) is 36.0 Å². The van der Waals surface area contributed by atoms with Crippen molar-refractivity contribution < 1.29 is 55.0 Å². The van der Waals surface area contributed by atoms with Crippen LogP contribution < -0.4 is 9.80 Å². The Balaban J connectivity index is 1.54. The molecule has 0 N–H and O–H groups in total. The van der Waals surface area contributed by atoms with Crippen LogP contribution in [0.1, 0.15) is 76.9 Å². The van der Waals surface area contributed by atoms with Gasteiger partial charge in [0.1, 0.15) is 0 Å². The maximum atomic E-state index is 14.4. The van der Waals surface area contributed by atoms with E-state index in [1.54, 1.807) is 42.5 Å². The van der Waals surface area contributed by atoms with Crippen molar-refractivity contribution >= 4 is 51.7 Å². The summed E-state index contributed by atoms with van der Waals surface area (Å²) in [4.78, 5) is 54.1. The second-order valence-corrected chi connectivity index (χ2v) is 15.1. The average Bonchev–Trinajstić information content (AvgIpc) is 3.31. The molecule has 0 amide bonds. The number of unbranched alkanes of at least 4 members (excludes halogenated alkanes) is 1. The first-order valence-electron chi connectivity index (χ1n) is 20.9. The molecule has 0 heterocycles. The molecule has 0 radical (unpaired) electrons. The number of anilines is 3. The Labute approximate surface area is 373 Å². The third-order valence-electron chi connectivity index (χ3n) is 10.5. The monoisotopic (exact) mass is 898 g/mol. The number of rotatable bonds is 20. The van der Waals surface area contributed by atoms with Gasteiger partial charge in [-0.05, 0) is 96.1 Å². The number of hydrogen-bond donors (Lipinski definition) is 0. The van der Waals surface area contributed by atoms with Gasteiger partial charge in [0.15, 0.2) is 0 Å². The smallest absolute Gasteiger partial charge is 0.454 e. The van der Waals surface area contributed by atoms with Crippen LogP contribution in [0.25, 0.3) is 11.1 Å². The van der Waals surface area contributed by atoms with Crippen molar-refractivity contribution in [2.75, 3.05) is 30.1 Å². The number of nitrogens with zero attached hydrogens (tertiary/aromatic N) is 2. The third kappa shape index (κ3) is 13.5. The fourth-order valence-electron chi connectivity index (χ4n) is 6.88. The van der Waals surface area contributed by atoms with E-state index in [0.29, 0.717) is 22.6 Å². The lowest BCUT2D eigenvalue weighted by atomic mass is 9.98. The molecule has 0 aliphatic heterocycles. The Hall–Kier alpha value is -6.96. The quantitative estimate of drug-likeness (QED) is 0.0433. The topological polar surface area (TPSA) is 93.2 Å². The lowest BCUT2D eigenvalue weighted by molar-refractivity contribution is -0.164. The number of allylic oxidation sites excluding steroid dienone is 2. The Morgan fingerprint density at radius 2 is 1.12 bits per heavy atom. The highest BCUT2D eigenvalue weighted by Crippen LogP contribution is 2.34. The van der Waals surface area contributed by atoms with Gasteiger partial charge in [-0.1, -0.05) is 106 Å². The summed E-state index contributed by atoms with van der Waals surface area (Å²) in [6.45, 7) is 4.21. The van der Waals surface area contributed by atoms with Crippen LogP contribution in [0.3, 0.4) is 0 Å². The first-order chi connectivity index (χ1) is 31.0. The molecular weight excluding hydrogens is 851 g/mol. The lowest BCUT2D eigenvalue weighted by Gasteiger charge is -2.24. The number of carbonyl (C=O) groups is 4. The first kappa shape index (κ1) is 49.1. The van der Waals surface area contributed by atoms with Crippen LogP contribution in [0.2, 0.25) is 0 Å². The van der Waals surface area contributed by atoms with E-state index in [-0.39, 0.29) is 47.7 Å². The summed E-state index contributed by atoms with van der Waals surface area (Å²) >= 11 is 0. The second kappa shape index (κ2) is 22.6. The Kier molecular flexibility index (Phi) is 17.1. The highest BCUT2D eigenvalue weighted by molar-refractivity contribution is 6.24. The van der Waals surface area contributed by atoms with Crippen molar-refractivity contribution in [2.45, 2.75) is 58.3 Å². The number of esters is 2. The molecule has 0 bridgehead atoms. The van der Waals surface area contributed by atoms with Gasteiger partial charge < -0.3 is 19.3 Å². The van der Waals surface area contributed by atoms with E-state index in [0.717, 1.165) is 38.1 Å². The number of ether oxygens (including phenoxy) is 2. The standard InChI is InChI=1S/C51H48F6N2O6/c1-4-6-14-35(5-2)34-65-49(63)39-21-25-41(26-22-39)58(32-44(46(60)50(52,53)54)37-16-9-7-10-17-37)30-29-36-15-13-18-40(31-36)45(47(61)51(55,56)57)33-59(42-19-11-8-12-20-42)43-27-23-38(24-28-43)48(62)64-3/h7-13,15-28,31-33,35H,4-6,14,29-30,34H2,1-3H3/b44-32-,45-33-. The second-order valence-electron chi connectivity index (χ2n) is 15.1. The van der Waals surface area contributed by atoms with Gasteiger partial charge in [-0.25, -0.2) is 9.59 Å². The minimum atomic E-state index is -5.30. The summed E-state index contributed by atoms with van der Waals surface area (Å²) in [5, 5.41) is 0. The van der Waals surface area contributed by atoms with Crippen molar-refractivity contribution in [1.82, 2.24) is 0 Å². The van der Waals surface area contributed by atoms with Crippen LogP contribution in [0.4, 0.5) is 43.4 Å². The zero-order valence-corrected chi connectivity index (χ0v) is 36.0. The highest BCUT2D eigenvalue weighted by atomic mass is 19.4. The number of para-hydroxylation sites is 1. The van der Waals surface area contributed by atoms with Crippen molar-refractivity contribution in [3.05, 3.63) is 174 Å². The van der Waals surface area contributed by atoms with Crippen molar-refractivity contribution in [3.63, 3.8) is 0 Å². The summed E-state index contributed by atoms with van der Waals surface area (Å²) in [5.41, 5.74) is 0.254. The molecule has 0 fully saturated rings. The van der Waals surface area contributed by atoms with Gasteiger partial charge >= 0.3 is 24.3 Å². The maximum absolute atomic E-state index is 14.4. The van der Waals surface area contributed by atoms with Crippen molar-refractivity contribution in [3.8, 4) is 0 Å². The van der Waals surface area contributed by atoms with E-state index < -0.39 is 47.0 Å². The fraction of sp³-hybridized carbons (Fsp3) is 0.255. The van der Waals surface area contributed by atoms with Gasteiger partial charge in [-0.2, -0.15) is 26.3 Å². The van der Waals surface area contributed by atoms with Gasteiger partial charge in [0.25, 0.3) is 11.6 Å². The number of ketones is 2. The summed E-state index contributed by atoms with van der Waals surface area (Å²) in [6.07, 6.45) is -4.70. The predicted octanol–water partition coefficient (Wildman–Crippen LogP) is 12.4. The normalized spacial score (nSPS) is 12.6. The van der Waals surface area contributed by atoms with Gasteiger partial charge in [-0.15, -0.1) is 0 Å². The molecule has 340 valence electrons. The Bertz CT molecular complexity index is 2450. The van der Waals surface area contributed by atoms with Crippen LogP contribution in [-0.2, 0) is 25.5 Å². The third-order valence-corrected chi connectivity index (χ3v) is 10.5. The van der Waals surface area contributed by atoms with Crippen molar-refractivity contribution in [2.24, 2.45) is 5.92 Å². The van der Waals surface area contributed by atoms with E-state index in [4.69, 9.17) is 9.47 Å². The van der Waals surface area contributed by atoms with E-state index in [1.807, 2.05) is 6.92 Å². The molecule has 1 unspecified atom stereocenters. The highest BCUT2D eigenvalue weighted by Gasteiger charge is 2.42. The molecule has 14 heteroatoms. The number of methoxy groups -OCH3 is 1. The van der Waals surface area contributed by atoms with Crippen LogP contribution in [-0.4, -0.2) is 56.1 Å². The van der Waals surface area contributed by atoms with E-state index >= 15 is 0 Å². The molecule has 0 aromatic heterocycles. The van der Waals surface area contributed by atoms with Crippen LogP contribution >= 0.6 is 0 Å². The molecule has 0 aliphatic carbocycles. The zero-order valence-electron chi connectivity index (χ0n) is 36.0. The fourth-order valence-corrected chi connectivity index (χ4v) is 6.88. The molecule has 5 rings (SSSR count). The molecule has 0 saturated carbocycles. The number of benzene rings is 5. The minimum absolute atomic E-state index is 0.00252. The molecule has 1 atom stereocenters. The van der Waals surface area contributed by atoms with Gasteiger partial charge in [0, 0.05) is 36.0 Å². The predicted molar refractivity (Wildman–Crippen MR) is 238 cm³/mol. The van der Waals surface area contributed by atoms with Gasteiger partial charge in [-0.3, -0.25) is 9.59 Å². The molecule has 5 aromatic rings. The van der Waals surface area contributed by atoms with Crippen LogP contribution in [0.15, 0.2) is 146 Å². The number of hydrogen-bond acceptors (Lipinski definition) is 8. The summed E-state index contributed by atoms with van der Waals surface area (Å²) in [5.74, 6) is -5.27. The van der Waals surface area contributed by atoms with Crippen LogP contribution in [0, 0.1) is 5.92 Å². The molecule has 0 spiro atoms. The molecule has 65 heavy (non-hydrogen) atoms. The molecule has 0 saturated heterocycles. The number of carbonyl (C=O) groups excluding carboxylic acids is 4. The number of Topliss-reactive ketones (excluding diaryl/α,β-unsaturated/α-hetero) is 2. The SMILES string of the molecule is CCCCC(CC)COC(=O)c1ccc(N(/C=C(\C(=O)C(F)(F)F)c2ccccc2)CCc2cccc(/C(=C/N(c3ccccc3)c3ccc(C(=O)OC)cc3)C(=O)C(F)(F)F)c2)cc1. The average molecular weight is 899 g/mol. The first-order valence-corrected chi connectivity index (χ1v) is 20.9. The minimum Gasteiger partial charge on any atom is -0.465 e.